The lowest BCUT2D eigenvalue weighted by molar-refractivity contribution is -0.127. The van der Waals surface area contributed by atoms with E-state index in [-0.39, 0.29) is 11.9 Å². The van der Waals surface area contributed by atoms with Crippen molar-refractivity contribution < 1.29 is 4.79 Å². The molecule has 4 nitrogen and oxygen atoms in total. The summed E-state index contributed by atoms with van der Waals surface area (Å²) in [5.41, 5.74) is 0.721. The fourth-order valence-corrected chi connectivity index (χ4v) is 2.86. The number of amides is 1. The van der Waals surface area contributed by atoms with Gasteiger partial charge in [0.05, 0.1) is 5.56 Å². The molecule has 0 aromatic carbocycles. The monoisotopic (exact) mass is 263 g/mol. The Kier molecular flexibility index (Phi) is 4.34. The molecule has 5 heteroatoms. The Hall–Kier alpha value is -1.38. The van der Waals surface area contributed by atoms with Gasteiger partial charge >= 0.3 is 0 Å². The molecule has 1 unspecified atom stereocenters. The summed E-state index contributed by atoms with van der Waals surface area (Å²) in [7, 11) is 0. The van der Waals surface area contributed by atoms with Crippen LogP contribution in [0.3, 0.4) is 0 Å². The summed E-state index contributed by atoms with van der Waals surface area (Å²) in [5, 5.41) is 14.0. The zero-order chi connectivity index (χ0) is 13.0. The summed E-state index contributed by atoms with van der Waals surface area (Å²) in [6.45, 7) is 4.51. The lowest BCUT2D eigenvalue weighted by Crippen LogP contribution is -2.39. The average Bonchev–Trinajstić information content (AvgIpc) is 2.97. The van der Waals surface area contributed by atoms with Gasteiger partial charge in [0.15, 0.2) is 0 Å². The predicted octanol–water partition coefficient (Wildman–Crippen LogP) is 1.72. The zero-order valence-corrected chi connectivity index (χ0v) is 11.3. The fraction of sp³-hybridized carbons (Fsp3) is 0.538. The molecule has 2 heterocycles. The minimum atomic E-state index is 0.270. The van der Waals surface area contributed by atoms with Crippen LogP contribution in [0.2, 0.25) is 0 Å². The van der Waals surface area contributed by atoms with Crippen molar-refractivity contribution in [3.8, 4) is 6.07 Å². The number of nitriles is 1. The minimum Gasteiger partial charge on any atom is -0.341 e. The smallest absolute Gasteiger partial charge is 0.222 e. The number of rotatable bonds is 5. The van der Waals surface area contributed by atoms with E-state index in [1.165, 1.54) is 0 Å². The number of nitrogens with one attached hydrogen (secondary N) is 1. The third-order valence-corrected chi connectivity index (χ3v) is 4.01. The largest absolute Gasteiger partial charge is 0.341 e. The molecule has 1 aromatic heterocycles. The van der Waals surface area contributed by atoms with Crippen LogP contribution in [0.25, 0.3) is 0 Å². The number of carbonyl (C=O) groups is 1. The van der Waals surface area contributed by atoms with Gasteiger partial charge in [0, 0.05) is 42.4 Å². The Morgan fingerprint density at radius 2 is 2.50 bits per heavy atom. The first kappa shape index (κ1) is 13.1. The van der Waals surface area contributed by atoms with E-state index in [0.29, 0.717) is 6.42 Å². The highest BCUT2D eigenvalue weighted by Gasteiger charge is 2.21. The van der Waals surface area contributed by atoms with Gasteiger partial charge in [0.1, 0.15) is 6.07 Å². The first-order valence-corrected chi connectivity index (χ1v) is 7.05. The Morgan fingerprint density at radius 3 is 3.11 bits per heavy atom. The highest BCUT2D eigenvalue weighted by Crippen LogP contribution is 2.14. The molecule has 96 valence electrons. The van der Waals surface area contributed by atoms with Crippen LogP contribution in [0.5, 0.6) is 0 Å². The number of hydrogen-bond acceptors (Lipinski definition) is 4. The highest BCUT2D eigenvalue weighted by atomic mass is 32.1. The van der Waals surface area contributed by atoms with Crippen LogP contribution in [-0.2, 0) is 11.3 Å². The summed E-state index contributed by atoms with van der Waals surface area (Å²) in [5.74, 6) is 0.270. The first-order chi connectivity index (χ1) is 8.69. The molecule has 0 saturated carbocycles. The minimum absolute atomic E-state index is 0.270. The summed E-state index contributed by atoms with van der Waals surface area (Å²) >= 11 is 1.59. The topological polar surface area (TPSA) is 56.1 Å². The highest BCUT2D eigenvalue weighted by molar-refractivity contribution is 7.10. The number of nitrogens with zero attached hydrogens (tertiary/aromatic N) is 2. The molecular formula is C13H17N3OS. The molecule has 0 aliphatic carbocycles. The molecule has 0 bridgehead atoms. The van der Waals surface area contributed by atoms with E-state index in [9.17, 15) is 4.79 Å². The molecule has 1 N–H and O–H groups in total. The summed E-state index contributed by atoms with van der Waals surface area (Å²) in [4.78, 5) is 14.6. The van der Waals surface area contributed by atoms with Gasteiger partial charge in [-0.2, -0.15) is 5.26 Å². The second-order valence-corrected chi connectivity index (χ2v) is 5.63. The van der Waals surface area contributed by atoms with E-state index in [4.69, 9.17) is 5.26 Å². The van der Waals surface area contributed by atoms with Crippen LogP contribution in [0.1, 0.15) is 30.2 Å². The molecule has 1 aliphatic rings. The van der Waals surface area contributed by atoms with Crippen LogP contribution in [0.4, 0.5) is 0 Å². The van der Waals surface area contributed by atoms with Crippen LogP contribution >= 0.6 is 11.3 Å². The van der Waals surface area contributed by atoms with Crippen LogP contribution < -0.4 is 5.32 Å². The molecular weight excluding hydrogens is 246 g/mol. The molecule has 1 aliphatic heterocycles. The van der Waals surface area contributed by atoms with Gasteiger partial charge in [0.2, 0.25) is 5.91 Å². The number of carbonyl (C=O) groups excluding carboxylic acids is 1. The maximum atomic E-state index is 11.5. The molecule has 1 amide bonds. The van der Waals surface area contributed by atoms with Gasteiger partial charge in [0.25, 0.3) is 0 Å². The third kappa shape index (κ3) is 3.31. The fourth-order valence-electron chi connectivity index (χ4n) is 2.10. The van der Waals surface area contributed by atoms with E-state index < -0.39 is 0 Å². The van der Waals surface area contributed by atoms with E-state index in [2.05, 4.69) is 18.3 Å². The van der Waals surface area contributed by atoms with Crippen LogP contribution in [0, 0.1) is 11.3 Å². The van der Waals surface area contributed by atoms with E-state index in [1.54, 1.807) is 11.3 Å². The van der Waals surface area contributed by atoms with Gasteiger partial charge in [-0.1, -0.05) is 0 Å². The van der Waals surface area contributed by atoms with E-state index >= 15 is 0 Å². The molecule has 1 atom stereocenters. The maximum Gasteiger partial charge on any atom is 0.222 e. The summed E-state index contributed by atoms with van der Waals surface area (Å²) in [6, 6.07) is 4.31. The Bertz CT molecular complexity index is 463. The standard InChI is InChI=1S/C13H17N3OS/c1-10(8-16-4-2-3-13(16)17)15-7-12-5-11(6-14)9-18-12/h5,9-10,15H,2-4,7-8H2,1H3. The number of thiophene rings is 1. The van der Waals surface area contributed by atoms with Gasteiger partial charge in [-0.15, -0.1) is 11.3 Å². The molecule has 1 fully saturated rings. The van der Waals surface area contributed by atoms with Crippen molar-refractivity contribution in [3.05, 3.63) is 21.9 Å². The maximum absolute atomic E-state index is 11.5. The second kappa shape index (κ2) is 5.98. The van der Waals surface area contributed by atoms with Gasteiger partial charge in [-0.25, -0.2) is 0 Å². The van der Waals surface area contributed by atoms with Crippen molar-refractivity contribution in [1.29, 1.82) is 5.26 Å². The Labute approximate surface area is 111 Å². The quantitative estimate of drug-likeness (QED) is 0.880. The van der Waals surface area contributed by atoms with Crippen molar-refractivity contribution in [3.63, 3.8) is 0 Å². The van der Waals surface area contributed by atoms with E-state index in [0.717, 1.165) is 36.5 Å². The second-order valence-electron chi connectivity index (χ2n) is 4.64. The molecule has 1 aromatic rings. The normalized spacial score (nSPS) is 16.9. The third-order valence-electron chi connectivity index (χ3n) is 3.07. The first-order valence-electron chi connectivity index (χ1n) is 6.17. The number of hydrogen-bond donors (Lipinski definition) is 1. The molecule has 1 saturated heterocycles. The van der Waals surface area contributed by atoms with Gasteiger partial charge < -0.3 is 10.2 Å². The van der Waals surface area contributed by atoms with Crippen molar-refractivity contribution >= 4 is 17.2 Å². The predicted molar refractivity (Wildman–Crippen MR) is 71.1 cm³/mol. The van der Waals surface area contributed by atoms with Crippen molar-refractivity contribution in [2.75, 3.05) is 13.1 Å². The molecule has 0 spiro atoms. The van der Waals surface area contributed by atoms with Gasteiger partial charge in [-0.05, 0) is 19.4 Å². The Balaban J connectivity index is 1.76. The zero-order valence-electron chi connectivity index (χ0n) is 10.5. The van der Waals surface area contributed by atoms with Crippen molar-refractivity contribution in [1.82, 2.24) is 10.2 Å². The van der Waals surface area contributed by atoms with Crippen LogP contribution in [-0.4, -0.2) is 29.9 Å². The molecule has 2 rings (SSSR count). The van der Waals surface area contributed by atoms with Crippen LogP contribution in [0.15, 0.2) is 11.4 Å². The number of likely N-dealkylation sites (tertiary alicyclic amines) is 1. The van der Waals surface area contributed by atoms with Crippen molar-refractivity contribution in [2.24, 2.45) is 0 Å². The lowest BCUT2D eigenvalue weighted by atomic mass is 10.3. The van der Waals surface area contributed by atoms with E-state index in [1.807, 2.05) is 16.3 Å². The molecule has 18 heavy (non-hydrogen) atoms. The van der Waals surface area contributed by atoms with Gasteiger partial charge in [-0.3, -0.25) is 4.79 Å². The van der Waals surface area contributed by atoms with Crippen molar-refractivity contribution in [2.45, 2.75) is 32.4 Å². The Morgan fingerprint density at radius 1 is 1.67 bits per heavy atom. The average molecular weight is 263 g/mol. The summed E-state index contributed by atoms with van der Waals surface area (Å²) < 4.78 is 0. The summed E-state index contributed by atoms with van der Waals surface area (Å²) in [6.07, 6.45) is 1.69. The lowest BCUT2D eigenvalue weighted by Gasteiger charge is -2.21. The molecule has 0 radical (unpaired) electrons. The SMILES string of the molecule is CC(CN1CCCC1=O)NCc1cc(C#N)cs1.